The molecule has 6 rings (SSSR count). The number of hydrogen-bond donors (Lipinski definition) is 2. The van der Waals surface area contributed by atoms with Gasteiger partial charge in [0, 0.05) is 49.4 Å². The summed E-state index contributed by atoms with van der Waals surface area (Å²) in [5, 5.41) is 20.7. The number of ether oxygens (including phenoxy) is 1. The number of carbonyl (C=O) groups excluding carboxylic acids is 1. The fourth-order valence-electron chi connectivity index (χ4n) is 5.02. The number of hydrogen-bond acceptors (Lipinski definition) is 8. The highest BCUT2D eigenvalue weighted by Gasteiger charge is 2.26. The summed E-state index contributed by atoms with van der Waals surface area (Å²) in [5.41, 5.74) is 4.50. The molecule has 0 atom stereocenters. The van der Waals surface area contributed by atoms with Gasteiger partial charge in [-0.05, 0) is 67.1 Å². The summed E-state index contributed by atoms with van der Waals surface area (Å²) in [6, 6.07) is 11.6. The molecule has 0 radical (unpaired) electrons. The quantitative estimate of drug-likeness (QED) is 0.295. The van der Waals surface area contributed by atoms with Crippen LogP contribution in [-0.4, -0.2) is 64.2 Å². The van der Waals surface area contributed by atoms with Crippen LogP contribution in [0, 0.1) is 6.92 Å². The summed E-state index contributed by atoms with van der Waals surface area (Å²) < 4.78 is 9.58. The lowest BCUT2D eigenvalue weighted by atomic mass is 9.90. The zero-order chi connectivity index (χ0) is 27.6. The van der Waals surface area contributed by atoms with E-state index in [4.69, 9.17) is 9.84 Å². The number of nitrogens with zero attached hydrogens (tertiary/aromatic N) is 7. The fourth-order valence-corrected chi connectivity index (χ4v) is 5.02. The molecule has 202 valence electrons. The van der Waals surface area contributed by atoms with E-state index in [9.17, 15) is 9.59 Å². The number of fused-ring (bicyclic) bond motifs is 2. The number of aromatic nitrogens is 6. The molecule has 1 amide bonds. The number of amides is 1. The number of carboxylic acids is 1. The minimum Gasteiger partial charge on any atom is -0.478 e. The van der Waals surface area contributed by atoms with Gasteiger partial charge in [0.25, 0.3) is 0 Å². The predicted octanol–water partition coefficient (Wildman–Crippen LogP) is 3.96. The molecule has 12 nitrogen and oxygen atoms in total. The minimum absolute atomic E-state index is 0.212. The molecule has 0 bridgehead atoms. The molecule has 40 heavy (non-hydrogen) atoms. The van der Waals surface area contributed by atoms with Crippen LogP contribution in [0.3, 0.4) is 0 Å². The summed E-state index contributed by atoms with van der Waals surface area (Å²) in [4.78, 5) is 33.4. The first-order valence-corrected chi connectivity index (χ1v) is 12.8. The zero-order valence-corrected chi connectivity index (χ0v) is 21.6. The third kappa shape index (κ3) is 5.06. The predicted molar refractivity (Wildman–Crippen MR) is 146 cm³/mol. The van der Waals surface area contributed by atoms with Gasteiger partial charge in [-0.1, -0.05) is 0 Å². The van der Waals surface area contributed by atoms with Crippen LogP contribution in [0.5, 0.6) is 11.5 Å². The first-order chi connectivity index (χ1) is 19.4. The summed E-state index contributed by atoms with van der Waals surface area (Å²) in [6.07, 6.45) is 10.2. The number of carboxylic acid groups (broad SMARTS) is 1. The van der Waals surface area contributed by atoms with Crippen LogP contribution in [0.2, 0.25) is 0 Å². The molecule has 1 aliphatic heterocycles. The Morgan fingerprint density at radius 1 is 1.00 bits per heavy atom. The number of rotatable bonds is 7. The molecular formula is C28H26N8O4. The smallest absolute Gasteiger partial charge is 0.328 e. The molecule has 5 aromatic rings. The number of aryl methyl sites for hydroxylation is 1. The average Bonchev–Trinajstić information content (AvgIpc) is 3.61. The van der Waals surface area contributed by atoms with Crippen LogP contribution in [0.15, 0.2) is 73.6 Å². The van der Waals surface area contributed by atoms with Crippen molar-refractivity contribution in [3.8, 4) is 11.5 Å². The lowest BCUT2D eigenvalue weighted by molar-refractivity contribution is -0.132. The van der Waals surface area contributed by atoms with Gasteiger partial charge in [-0.2, -0.15) is 10.2 Å². The van der Waals surface area contributed by atoms with Crippen molar-refractivity contribution in [2.24, 2.45) is 0 Å². The lowest BCUT2D eigenvalue weighted by Crippen LogP contribution is -2.37. The SMILES string of the molecule is Cc1cc(Nc2ncnn3ccc(C4CCN(C(=O)/C=C/C(=O)O)CC4)c23)ccc1Oc1ccn2ncnc2c1. The molecule has 1 aliphatic rings. The second-order valence-corrected chi connectivity index (χ2v) is 9.58. The molecule has 4 aromatic heterocycles. The average molecular weight is 539 g/mol. The van der Waals surface area contributed by atoms with Gasteiger partial charge < -0.3 is 20.1 Å². The Morgan fingerprint density at radius 2 is 1.77 bits per heavy atom. The molecule has 12 heteroatoms. The fraction of sp³-hybridized carbons (Fsp3) is 0.214. The number of anilines is 2. The van der Waals surface area contributed by atoms with Crippen LogP contribution in [0.25, 0.3) is 11.2 Å². The monoisotopic (exact) mass is 538 g/mol. The van der Waals surface area contributed by atoms with E-state index in [1.165, 1.54) is 12.7 Å². The summed E-state index contributed by atoms with van der Waals surface area (Å²) >= 11 is 0. The van der Waals surface area contributed by atoms with E-state index in [1.54, 1.807) is 15.6 Å². The van der Waals surface area contributed by atoms with Gasteiger partial charge in [0.15, 0.2) is 11.5 Å². The highest BCUT2D eigenvalue weighted by atomic mass is 16.5. The first-order valence-electron chi connectivity index (χ1n) is 12.8. The number of benzene rings is 1. The van der Waals surface area contributed by atoms with E-state index >= 15 is 0 Å². The van der Waals surface area contributed by atoms with Crippen molar-refractivity contribution in [1.82, 2.24) is 34.1 Å². The standard InChI is InChI=1S/C28H26N8O4/c1-18-14-20(2-3-23(18)40-21-8-12-35-24(15-21)29-16-31-35)33-28-27-22(9-13-36(27)32-17-30-28)19-6-10-34(11-7-19)25(37)4-5-26(38)39/h2-5,8-9,12-17,19H,6-7,10-11H2,1H3,(H,38,39)(H,30,32,33)/b5-4+. The van der Waals surface area contributed by atoms with Gasteiger partial charge in [0.1, 0.15) is 29.7 Å². The van der Waals surface area contributed by atoms with E-state index in [2.05, 4.69) is 31.5 Å². The van der Waals surface area contributed by atoms with Crippen molar-refractivity contribution < 1.29 is 19.4 Å². The van der Waals surface area contributed by atoms with Crippen LogP contribution >= 0.6 is 0 Å². The second-order valence-electron chi connectivity index (χ2n) is 9.58. The molecule has 1 aromatic carbocycles. The van der Waals surface area contributed by atoms with E-state index in [1.807, 2.05) is 48.0 Å². The molecule has 1 fully saturated rings. The number of pyridine rings is 1. The largest absolute Gasteiger partial charge is 0.478 e. The van der Waals surface area contributed by atoms with Gasteiger partial charge in [-0.25, -0.2) is 23.8 Å². The van der Waals surface area contributed by atoms with Crippen molar-refractivity contribution in [2.45, 2.75) is 25.7 Å². The van der Waals surface area contributed by atoms with Crippen molar-refractivity contribution >= 4 is 34.5 Å². The number of nitrogens with one attached hydrogen (secondary N) is 1. The molecule has 0 unspecified atom stereocenters. The highest BCUT2D eigenvalue weighted by molar-refractivity contribution is 5.94. The number of piperidine rings is 1. The first kappa shape index (κ1) is 25.0. The van der Waals surface area contributed by atoms with Gasteiger partial charge >= 0.3 is 5.97 Å². The summed E-state index contributed by atoms with van der Waals surface area (Å²) in [6.45, 7) is 3.08. The van der Waals surface area contributed by atoms with Crippen molar-refractivity contribution in [2.75, 3.05) is 18.4 Å². The third-order valence-electron chi connectivity index (χ3n) is 7.02. The van der Waals surface area contributed by atoms with E-state index in [0.29, 0.717) is 30.3 Å². The van der Waals surface area contributed by atoms with Crippen LogP contribution in [0.4, 0.5) is 11.5 Å². The normalized spacial score (nSPS) is 14.3. The van der Waals surface area contributed by atoms with Gasteiger partial charge in [-0.15, -0.1) is 0 Å². The molecule has 0 aliphatic carbocycles. The Bertz CT molecular complexity index is 1750. The molecule has 0 spiro atoms. The minimum atomic E-state index is -1.13. The topological polar surface area (TPSA) is 139 Å². The molecule has 2 N–H and O–H groups in total. The summed E-state index contributed by atoms with van der Waals surface area (Å²) in [7, 11) is 0. The Morgan fingerprint density at radius 3 is 2.58 bits per heavy atom. The number of likely N-dealkylation sites (tertiary alicyclic amines) is 1. The van der Waals surface area contributed by atoms with Crippen molar-refractivity contribution in [3.05, 3.63) is 84.7 Å². The van der Waals surface area contributed by atoms with E-state index in [-0.39, 0.29) is 11.8 Å². The lowest BCUT2D eigenvalue weighted by Gasteiger charge is -2.31. The van der Waals surface area contributed by atoms with Crippen LogP contribution in [-0.2, 0) is 9.59 Å². The van der Waals surface area contributed by atoms with E-state index in [0.717, 1.165) is 53.1 Å². The van der Waals surface area contributed by atoms with Gasteiger partial charge in [0.05, 0.1) is 0 Å². The van der Waals surface area contributed by atoms with Crippen molar-refractivity contribution in [1.29, 1.82) is 0 Å². The summed E-state index contributed by atoms with van der Waals surface area (Å²) in [5.74, 6) is 0.879. The molecular weight excluding hydrogens is 512 g/mol. The van der Waals surface area contributed by atoms with Gasteiger partial charge in [0.2, 0.25) is 5.91 Å². The Hall–Kier alpha value is -5.26. The number of carbonyl (C=O) groups is 2. The molecule has 1 saturated heterocycles. The maximum atomic E-state index is 12.3. The van der Waals surface area contributed by atoms with E-state index < -0.39 is 5.97 Å². The van der Waals surface area contributed by atoms with Crippen LogP contribution < -0.4 is 10.1 Å². The van der Waals surface area contributed by atoms with Gasteiger partial charge in [-0.3, -0.25) is 4.79 Å². The van der Waals surface area contributed by atoms with Crippen molar-refractivity contribution in [3.63, 3.8) is 0 Å². The Labute approximate surface area is 228 Å². The Kier molecular flexibility index (Phi) is 6.56. The highest BCUT2D eigenvalue weighted by Crippen LogP contribution is 2.35. The maximum Gasteiger partial charge on any atom is 0.328 e. The zero-order valence-electron chi connectivity index (χ0n) is 21.6. The molecule has 5 heterocycles. The number of aliphatic carboxylic acids is 1. The maximum absolute atomic E-state index is 12.3. The Balaban J connectivity index is 1.18. The molecule has 0 saturated carbocycles. The van der Waals surface area contributed by atoms with Crippen LogP contribution in [0.1, 0.15) is 29.9 Å². The third-order valence-corrected chi connectivity index (χ3v) is 7.02. The second kappa shape index (κ2) is 10.5.